The fourth-order valence-electron chi connectivity index (χ4n) is 2.31. The summed E-state index contributed by atoms with van der Waals surface area (Å²) in [5.74, 6) is 0. The van der Waals surface area contributed by atoms with Gasteiger partial charge in [-0.05, 0) is 19.3 Å². The molecule has 1 fully saturated rings. The van der Waals surface area contributed by atoms with Gasteiger partial charge in [-0.25, -0.2) is 0 Å². The average molecular weight is 229 g/mol. The topological polar surface area (TPSA) is 3.24 Å². The van der Waals surface area contributed by atoms with E-state index in [4.69, 9.17) is 0 Å². The van der Waals surface area contributed by atoms with E-state index >= 15 is 0 Å². The van der Waals surface area contributed by atoms with Crippen molar-refractivity contribution in [1.29, 1.82) is 0 Å². The van der Waals surface area contributed by atoms with Gasteiger partial charge in [-0.2, -0.15) is 11.8 Å². The summed E-state index contributed by atoms with van der Waals surface area (Å²) in [6.07, 6.45) is 0. The third-order valence-corrected chi connectivity index (χ3v) is 5.14. The first kappa shape index (κ1) is 13.4. The minimum Gasteiger partial charge on any atom is -0.295 e. The number of thioether (sulfide) groups is 1. The maximum atomic E-state index is 2.70. The molecule has 1 heterocycles. The van der Waals surface area contributed by atoms with E-state index in [-0.39, 0.29) is 0 Å². The minimum atomic E-state index is 0.407. The molecule has 0 spiro atoms. The lowest BCUT2D eigenvalue weighted by Crippen LogP contribution is -2.55. The highest BCUT2D eigenvalue weighted by Gasteiger charge is 2.36. The molecule has 4 unspecified atom stereocenters. The Balaban J connectivity index is 2.73. The van der Waals surface area contributed by atoms with Crippen LogP contribution in [0.1, 0.15) is 48.5 Å². The zero-order valence-electron chi connectivity index (χ0n) is 11.4. The molecule has 0 radical (unpaired) electrons. The minimum absolute atomic E-state index is 0.407. The molecule has 1 aliphatic rings. The summed E-state index contributed by atoms with van der Waals surface area (Å²) >= 11 is 2.15. The van der Waals surface area contributed by atoms with Gasteiger partial charge in [0.1, 0.15) is 0 Å². The third kappa shape index (κ3) is 3.39. The first-order valence-corrected chi connectivity index (χ1v) is 7.08. The fraction of sp³-hybridized carbons (Fsp3) is 1.00. The molecule has 90 valence electrons. The zero-order valence-corrected chi connectivity index (χ0v) is 12.2. The van der Waals surface area contributed by atoms with E-state index in [9.17, 15) is 0 Å². The van der Waals surface area contributed by atoms with Crippen LogP contribution in [0.4, 0.5) is 0 Å². The van der Waals surface area contributed by atoms with Crippen LogP contribution in [0.15, 0.2) is 0 Å². The van der Waals surface area contributed by atoms with Gasteiger partial charge in [-0.15, -0.1) is 0 Å². The highest BCUT2D eigenvalue weighted by Crippen LogP contribution is 2.35. The lowest BCUT2D eigenvalue weighted by Gasteiger charge is -2.48. The van der Waals surface area contributed by atoms with Crippen LogP contribution in [-0.2, 0) is 0 Å². The van der Waals surface area contributed by atoms with Crippen LogP contribution in [0, 0.1) is 5.41 Å². The molecular weight excluding hydrogens is 202 g/mol. The molecule has 0 saturated carbocycles. The van der Waals surface area contributed by atoms with Gasteiger partial charge in [-0.3, -0.25) is 4.90 Å². The molecule has 1 rings (SSSR count). The Morgan fingerprint density at radius 2 is 1.33 bits per heavy atom. The van der Waals surface area contributed by atoms with E-state index < -0.39 is 0 Å². The predicted molar refractivity (Wildman–Crippen MR) is 71.6 cm³/mol. The zero-order chi connectivity index (χ0) is 11.8. The molecular formula is C13H27NS. The smallest absolute Gasteiger partial charge is 0.0187 e. The van der Waals surface area contributed by atoms with Gasteiger partial charge < -0.3 is 0 Å². The summed E-state index contributed by atoms with van der Waals surface area (Å²) in [7, 11) is 0. The van der Waals surface area contributed by atoms with Crippen LogP contribution in [-0.4, -0.2) is 34.0 Å². The van der Waals surface area contributed by atoms with Gasteiger partial charge in [0.2, 0.25) is 0 Å². The maximum absolute atomic E-state index is 2.70. The lowest BCUT2D eigenvalue weighted by molar-refractivity contribution is 0.0962. The average Bonchev–Trinajstić information content (AvgIpc) is 2.08. The maximum Gasteiger partial charge on any atom is 0.0187 e. The van der Waals surface area contributed by atoms with E-state index in [0.29, 0.717) is 17.5 Å². The van der Waals surface area contributed by atoms with Crippen molar-refractivity contribution in [2.24, 2.45) is 5.41 Å². The largest absolute Gasteiger partial charge is 0.295 e. The highest BCUT2D eigenvalue weighted by atomic mass is 32.2. The van der Waals surface area contributed by atoms with Crippen molar-refractivity contribution in [3.8, 4) is 0 Å². The van der Waals surface area contributed by atoms with Crippen LogP contribution < -0.4 is 0 Å². The lowest BCUT2D eigenvalue weighted by atomic mass is 9.93. The molecule has 0 amide bonds. The quantitative estimate of drug-likeness (QED) is 0.675. The molecule has 0 aromatic heterocycles. The summed E-state index contributed by atoms with van der Waals surface area (Å²) in [6, 6.07) is 1.42. The first-order chi connectivity index (χ1) is 6.72. The molecule has 0 aromatic carbocycles. The van der Waals surface area contributed by atoms with E-state index in [1.54, 1.807) is 0 Å². The van der Waals surface area contributed by atoms with Crippen molar-refractivity contribution in [2.75, 3.05) is 6.54 Å². The van der Waals surface area contributed by atoms with Crippen molar-refractivity contribution in [3.05, 3.63) is 0 Å². The van der Waals surface area contributed by atoms with Crippen molar-refractivity contribution in [3.63, 3.8) is 0 Å². The predicted octanol–water partition coefficient (Wildman–Crippen LogP) is 3.64. The van der Waals surface area contributed by atoms with Gasteiger partial charge in [0.15, 0.2) is 0 Å². The molecule has 1 aliphatic heterocycles. The van der Waals surface area contributed by atoms with Gasteiger partial charge in [0, 0.05) is 29.1 Å². The van der Waals surface area contributed by atoms with E-state index in [1.165, 1.54) is 6.54 Å². The fourth-order valence-corrected chi connectivity index (χ4v) is 3.76. The summed E-state index contributed by atoms with van der Waals surface area (Å²) in [4.78, 5) is 2.70. The van der Waals surface area contributed by atoms with Crippen LogP contribution in [0.2, 0.25) is 0 Å². The summed E-state index contributed by atoms with van der Waals surface area (Å²) in [5, 5.41) is 1.53. The van der Waals surface area contributed by atoms with Crippen molar-refractivity contribution < 1.29 is 0 Å². The van der Waals surface area contributed by atoms with Gasteiger partial charge in [-0.1, -0.05) is 34.6 Å². The Bertz CT molecular complexity index is 195. The van der Waals surface area contributed by atoms with Gasteiger partial charge in [0.05, 0.1) is 0 Å². The molecule has 0 aromatic rings. The van der Waals surface area contributed by atoms with Crippen LogP contribution in [0.3, 0.4) is 0 Å². The second-order valence-corrected chi connectivity index (χ2v) is 8.02. The monoisotopic (exact) mass is 229 g/mol. The van der Waals surface area contributed by atoms with E-state index in [2.05, 4.69) is 65.1 Å². The Kier molecular flexibility index (Phi) is 4.16. The molecule has 4 atom stereocenters. The number of nitrogens with zero attached hydrogens (tertiary/aromatic N) is 1. The Morgan fingerprint density at radius 1 is 0.933 bits per heavy atom. The normalized spacial score (nSPS) is 39.4. The summed E-state index contributed by atoms with van der Waals surface area (Å²) in [5.41, 5.74) is 0.407. The number of hydrogen-bond donors (Lipinski definition) is 0. The Morgan fingerprint density at radius 3 is 1.67 bits per heavy atom. The molecule has 1 saturated heterocycles. The molecule has 1 nitrogen and oxygen atoms in total. The Hall–Kier alpha value is 0.310. The Labute approximate surface area is 100.0 Å². The molecule has 0 aliphatic carbocycles. The summed E-state index contributed by atoms with van der Waals surface area (Å²) < 4.78 is 0. The van der Waals surface area contributed by atoms with Crippen LogP contribution in [0.25, 0.3) is 0 Å². The van der Waals surface area contributed by atoms with Gasteiger partial charge in [0.25, 0.3) is 0 Å². The van der Waals surface area contributed by atoms with Crippen LogP contribution in [0.5, 0.6) is 0 Å². The second-order valence-electron chi connectivity index (χ2n) is 6.26. The molecule has 0 N–H and O–H groups in total. The van der Waals surface area contributed by atoms with E-state index in [0.717, 1.165) is 10.5 Å². The van der Waals surface area contributed by atoms with Gasteiger partial charge >= 0.3 is 0 Å². The number of rotatable bonds is 1. The van der Waals surface area contributed by atoms with E-state index in [1.807, 2.05) is 0 Å². The van der Waals surface area contributed by atoms with Crippen molar-refractivity contribution in [2.45, 2.75) is 71.0 Å². The third-order valence-electron chi connectivity index (χ3n) is 3.49. The second kappa shape index (κ2) is 4.67. The SMILES string of the molecule is CC1SC(C)C(C)N(CC(C)(C)C)C1C. The summed E-state index contributed by atoms with van der Waals surface area (Å²) in [6.45, 7) is 17.7. The molecule has 15 heavy (non-hydrogen) atoms. The van der Waals surface area contributed by atoms with Crippen molar-refractivity contribution in [1.82, 2.24) is 4.90 Å². The first-order valence-electron chi connectivity index (χ1n) is 6.13. The standard InChI is InChI=1S/C13H27NS/c1-9-11(3)15-12(4)10(2)14(9)8-13(5,6)7/h9-12H,8H2,1-7H3. The highest BCUT2D eigenvalue weighted by molar-refractivity contribution is 8.00. The van der Waals surface area contributed by atoms with Crippen molar-refractivity contribution >= 4 is 11.8 Å². The number of hydrogen-bond acceptors (Lipinski definition) is 2. The molecule has 2 heteroatoms. The molecule has 0 bridgehead atoms. The van der Waals surface area contributed by atoms with Crippen LogP contribution >= 0.6 is 11.8 Å².